The number of carbonyl (C=O) groups is 2. The summed E-state index contributed by atoms with van der Waals surface area (Å²) in [7, 11) is 3.94. The fraction of sp³-hybridized carbons (Fsp3) is 0.500. The van der Waals surface area contributed by atoms with Crippen LogP contribution in [0.25, 0.3) is 0 Å². The number of halogens is 1. The first kappa shape index (κ1) is 17.6. The maximum Gasteiger partial charge on any atom is 0.317 e. The minimum atomic E-state index is -0.137. The SMILES string of the molecule is CN(C)C(CNC(=O)N1CCNC(=O)CC1)c1ccc(Cl)cc1. The predicted octanol–water partition coefficient (Wildman–Crippen LogP) is 1.47. The Morgan fingerprint density at radius 2 is 2.04 bits per heavy atom. The lowest BCUT2D eigenvalue weighted by Gasteiger charge is -2.27. The van der Waals surface area contributed by atoms with Gasteiger partial charge >= 0.3 is 6.03 Å². The van der Waals surface area contributed by atoms with Crippen LogP contribution in [0.3, 0.4) is 0 Å². The first-order chi connectivity index (χ1) is 11.0. The van der Waals surface area contributed by atoms with E-state index in [1.165, 1.54) is 0 Å². The van der Waals surface area contributed by atoms with Crippen LogP contribution in [-0.4, -0.2) is 62.0 Å². The first-order valence-corrected chi connectivity index (χ1v) is 8.06. The standard InChI is InChI=1S/C16H23ClN4O2/c1-20(2)14(12-3-5-13(17)6-4-12)11-19-16(23)21-9-7-15(22)18-8-10-21/h3-6,14H,7-11H2,1-2H3,(H,18,22)(H,19,23). The number of rotatable bonds is 4. The molecule has 0 radical (unpaired) electrons. The van der Waals surface area contributed by atoms with E-state index in [9.17, 15) is 9.59 Å². The summed E-state index contributed by atoms with van der Waals surface area (Å²) < 4.78 is 0. The Morgan fingerprint density at radius 1 is 1.35 bits per heavy atom. The van der Waals surface area contributed by atoms with Gasteiger partial charge in [0.1, 0.15) is 0 Å². The number of nitrogens with zero attached hydrogens (tertiary/aromatic N) is 2. The van der Waals surface area contributed by atoms with Crippen molar-refractivity contribution in [3.05, 3.63) is 34.9 Å². The largest absolute Gasteiger partial charge is 0.354 e. The Morgan fingerprint density at radius 3 is 2.70 bits per heavy atom. The van der Waals surface area contributed by atoms with Crippen LogP contribution in [0.1, 0.15) is 18.0 Å². The fourth-order valence-electron chi connectivity index (χ4n) is 2.55. The topological polar surface area (TPSA) is 64.7 Å². The highest BCUT2D eigenvalue weighted by Gasteiger charge is 2.20. The van der Waals surface area contributed by atoms with Crippen LogP contribution >= 0.6 is 11.6 Å². The smallest absolute Gasteiger partial charge is 0.317 e. The molecule has 0 aromatic heterocycles. The molecule has 3 amide bonds. The third-order valence-corrected chi connectivity index (χ3v) is 4.18. The summed E-state index contributed by atoms with van der Waals surface area (Å²) in [6.45, 7) is 1.97. The van der Waals surface area contributed by atoms with Crippen LogP contribution in [0.4, 0.5) is 4.79 Å². The fourth-order valence-corrected chi connectivity index (χ4v) is 2.68. The molecule has 0 aliphatic carbocycles. The molecule has 1 heterocycles. The molecule has 1 atom stereocenters. The third kappa shape index (κ3) is 5.11. The second-order valence-electron chi connectivity index (χ2n) is 5.80. The van der Waals surface area contributed by atoms with E-state index in [0.29, 0.717) is 37.6 Å². The van der Waals surface area contributed by atoms with Gasteiger partial charge in [0, 0.05) is 37.6 Å². The Balaban J connectivity index is 1.94. The molecule has 1 saturated heterocycles. The van der Waals surface area contributed by atoms with E-state index < -0.39 is 0 Å². The zero-order valence-corrected chi connectivity index (χ0v) is 14.3. The van der Waals surface area contributed by atoms with Crippen LogP contribution in [0.15, 0.2) is 24.3 Å². The molecule has 1 fully saturated rings. The maximum atomic E-state index is 12.3. The summed E-state index contributed by atoms with van der Waals surface area (Å²) in [5.74, 6) is -0.00682. The normalized spacial score (nSPS) is 16.7. The number of hydrogen-bond donors (Lipinski definition) is 2. The highest BCUT2D eigenvalue weighted by atomic mass is 35.5. The molecule has 0 saturated carbocycles. The summed E-state index contributed by atoms with van der Waals surface area (Å²) in [4.78, 5) is 27.4. The van der Waals surface area contributed by atoms with E-state index >= 15 is 0 Å². The summed E-state index contributed by atoms with van der Waals surface area (Å²) in [6, 6.07) is 7.55. The van der Waals surface area contributed by atoms with Crippen molar-refractivity contribution in [3.63, 3.8) is 0 Å². The molecule has 1 aromatic carbocycles. The van der Waals surface area contributed by atoms with E-state index in [0.717, 1.165) is 5.56 Å². The summed E-state index contributed by atoms with van der Waals surface area (Å²) >= 11 is 5.93. The van der Waals surface area contributed by atoms with Gasteiger partial charge in [-0.2, -0.15) is 0 Å². The molecule has 0 spiro atoms. The molecule has 1 unspecified atom stereocenters. The van der Waals surface area contributed by atoms with E-state index in [1.807, 2.05) is 38.4 Å². The Hall–Kier alpha value is -1.79. The number of nitrogens with one attached hydrogen (secondary N) is 2. The molecule has 23 heavy (non-hydrogen) atoms. The number of amides is 3. The minimum Gasteiger partial charge on any atom is -0.354 e. The lowest BCUT2D eigenvalue weighted by atomic mass is 10.1. The van der Waals surface area contributed by atoms with Gasteiger partial charge in [0.25, 0.3) is 0 Å². The monoisotopic (exact) mass is 338 g/mol. The minimum absolute atomic E-state index is 0.00682. The van der Waals surface area contributed by atoms with Gasteiger partial charge in [-0.05, 0) is 31.8 Å². The number of hydrogen-bond acceptors (Lipinski definition) is 3. The Bertz CT molecular complexity index is 548. The van der Waals surface area contributed by atoms with Crippen molar-refractivity contribution in [2.75, 3.05) is 40.3 Å². The van der Waals surface area contributed by atoms with Crippen molar-refractivity contribution >= 4 is 23.5 Å². The van der Waals surface area contributed by atoms with Gasteiger partial charge in [-0.15, -0.1) is 0 Å². The van der Waals surface area contributed by atoms with Crippen molar-refractivity contribution in [2.24, 2.45) is 0 Å². The van der Waals surface area contributed by atoms with Gasteiger partial charge in [-0.1, -0.05) is 23.7 Å². The average Bonchev–Trinajstić information content (AvgIpc) is 2.73. The van der Waals surface area contributed by atoms with Gasteiger partial charge < -0.3 is 20.4 Å². The van der Waals surface area contributed by atoms with E-state index in [1.54, 1.807) is 4.90 Å². The van der Waals surface area contributed by atoms with Crippen molar-refractivity contribution in [1.82, 2.24) is 20.4 Å². The number of urea groups is 1. The van der Waals surface area contributed by atoms with Gasteiger partial charge in [0.15, 0.2) is 0 Å². The van der Waals surface area contributed by atoms with Crippen molar-refractivity contribution < 1.29 is 9.59 Å². The summed E-state index contributed by atoms with van der Waals surface area (Å²) in [6.07, 6.45) is 0.349. The maximum absolute atomic E-state index is 12.3. The van der Waals surface area contributed by atoms with Crippen LogP contribution in [0.5, 0.6) is 0 Å². The second-order valence-corrected chi connectivity index (χ2v) is 6.24. The predicted molar refractivity (Wildman–Crippen MR) is 90.5 cm³/mol. The molecule has 7 heteroatoms. The molecule has 0 bridgehead atoms. The third-order valence-electron chi connectivity index (χ3n) is 3.92. The zero-order valence-electron chi connectivity index (χ0n) is 13.5. The Kier molecular flexibility index (Phi) is 6.24. The van der Waals surface area contributed by atoms with Gasteiger partial charge in [-0.25, -0.2) is 4.79 Å². The van der Waals surface area contributed by atoms with E-state index in [2.05, 4.69) is 15.5 Å². The van der Waals surface area contributed by atoms with Crippen molar-refractivity contribution in [1.29, 1.82) is 0 Å². The van der Waals surface area contributed by atoms with E-state index in [-0.39, 0.29) is 18.0 Å². The first-order valence-electron chi connectivity index (χ1n) is 7.68. The summed E-state index contributed by atoms with van der Waals surface area (Å²) in [5, 5.41) is 6.42. The molecule has 2 N–H and O–H groups in total. The summed E-state index contributed by atoms with van der Waals surface area (Å²) in [5.41, 5.74) is 1.09. The van der Waals surface area contributed by atoms with Gasteiger partial charge in [0.2, 0.25) is 5.91 Å². The quantitative estimate of drug-likeness (QED) is 0.874. The molecule has 2 rings (SSSR count). The average molecular weight is 339 g/mol. The zero-order chi connectivity index (χ0) is 16.8. The van der Waals surface area contributed by atoms with Crippen LogP contribution in [0.2, 0.25) is 5.02 Å². The number of likely N-dealkylation sites (N-methyl/N-ethyl adjacent to an activating group) is 1. The van der Waals surface area contributed by atoms with Crippen molar-refractivity contribution in [3.8, 4) is 0 Å². The van der Waals surface area contributed by atoms with Crippen LogP contribution < -0.4 is 10.6 Å². The van der Waals surface area contributed by atoms with Crippen molar-refractivity contribution in [2.45, 2.75) is 12.5 Å². The highest BCUT2D eigenvalue weighted by molar-refractivity contribution is 6.30. The van der Waals surface area contributed by atoms with Gasteiger partial charge in [-0.3, -0.25) is 4.79 Å². The molecule has 126 valence electrons. The molecule has 6 nitrogen and oxygen atoms in total. The molecule has 1 aliphatic heterocycles. The van der Waals surface area contributed by atoms with Crippen LogP contribution in [-0.2, 0) is 4.79 Å². The van der Waals surface area contributed by atoms with E-state index in [4.69, 9.17) is 11.6 Å². The Labute approximate surface area is 141 Å². The molecule has 1 aromatic rings. The lowest BCUT2D eigenvalue weighted by Crippen LogP contribution is -2.44. The molecular formula is C16H23ClN4O2. The van der Waals surface area contributed by atoms with Crippen LogP contribution in [0, 0.1) is 0 Å². The number of benzene rings is 1. The lowest BCUT2D eigenvalue weighted by molar-refractivity contribution is -0.120. The highest BCUT2D eigenvalue weighted by Crippen LogP contribution is 2.19. The molecule has 1 aliphatic rings. The van der Waals surface area contributed by atoms with Gasteiger partial charge in [0.05, 0.1) is 6.04 Å². The second kappa shape index (κ2) is 8.17. The molecular weight excluding hydrogens is 316 g/mol. The number of carbonyl (C=O) groups excluding carboxylic acids is 2.